The fraction of sp³-hybridized carbons (Fsp3) is 0.294. The number of nitrogens with zero attached hydrogens (tertiary/aromatic N) is 5. The van der Waals surface area contributed by atoms with Crippen LogP contribution in [0.25, 0.3) is 11.6 Å². The van der Waals surface area contributed by atoms with Gasteiger partial charge in [0.05, 0.1) is 12.2 Å². The summed E-state index contributed by atoms with van der Waals surface area (Å²) in [5, 5.41) is 9.51. The van der Waals surface area contributed by atoms with Crippen molar-refractivity contribution in [2.24, 2.45) is 0 Å². The molecule has 8 nitrogen and oxygen atoms in total. The van der Waals surface area contributed by atoms with Crippen LogP contribution < -0.4 is 20.1 Å². The molecule has 27 heavy (non-hydrogen) atoms. The zero-order valence-corrected chi connectivity index (χ0v) is 15.0. The van der Waals surface area contributed by atoms with Gasteiger partial charge in [0.15, 0.2) is 17.3 Å². The van der Waals surface area contributed by atoms with Crippen LogP contribution >= 0.6 is 0 Å². The van der Waals surface area contributed by atoms with Crippen LogP contribution in [-0.4, -0.2) is 42.3 Å². The molecule has 0 radical (unpaired) electrons. The number of ether oxygens (including phenoxy) is 2. The standard InChI is InChI=1S/C17H18F2N6O2/c1-4-26-12-7-5-6-10(13(12)27-15(18)19)8-11(9-20)14-22-16(21)24-17(23-14)25(2)3/h5-8,15H,4H2,1-3H3,(H2,21,22,23,24)/b11-8+. The van der Waals surface area contributed by atoms with Crippen molar-refractivity contribution in [2.45, 2.75) is 13.5 Å². The molecule has 2 rings (SSSR count). The summed E-state index contributed by atoms with van der Waals surface area (Å²) in [6.45, 7) is -1.09. The number of nitriles is 1. The lowest BCUT2D eigenvalue weighted by Crippen LogP contribution is -2.16. The van der Waals surface area contributed by atoms with E-state index in [4.69, 9.17) is 10.5 Å². The lowest BCUT2D eigenvalue weighted by atomic mass is 10.1. The van der Waals surface area contributed by atoms with E-state index in [-0.39, 0.29) is 47.0 Å². The molecule has 0 saturated heterocycles. The minimum Gasteiger partial charge on any atom is -0.490 e. The van der Waals surface area contributed by atoms with Crippen LogP contribution in [-0.2, 0) is 0 Å². The van der Waals surface area contributed by atoms with Crippen LogP contribution in [0.5, 0.6) is 11.5 Å². The Hall–Kier alpha value is -3.48. The Balaban J connectivity index is 2.58. The number of alkyl halides is 2. The van der Waals surface area contributed by atoms with E-state index in [2.05, 4.69) is 19.7 Å². The van der Waals surface area contributed by atoms with Gasteiger partial charge in [-0.3, -0.25) is 0 Å². The second-order valence-electron chi connectivity index (χ2n) is 5.37. The Morgan fingerprint density at radius 1 is 1.33 bits per heavy atom. The molecule has 0 amide bonds. The number of para-hydroxylation sites is 1. The predicted molar refractivity (Wildman–Crippen MR) is 96.3 cm³/mol. The number of halogens is 2. The van der Waals surface area contributed by atoms with E-state index < -0.39 is 6.61 Å². The summed E-state index contributed by atoms with van der Waals surface area (Å²) in [5.74, 6) is 0.145. The maximum atomic E-state index is 12.8. The number of nitrogens with two attached hydrogens (primary N) is 1. The van der Waals surface area contributed by atoms with Crippen LogP contribution in [0, 0.1) is 11.3 Å². The van der Waals surface area contributed by atoms with E-state index in [1.54, 1.807) is 32.0 Å². The lowest BCUT2D eigenvalue weighted by Gasteiger charge is -2.14. The van der Waals surface area contributed by atoms with E-state index in [0.29, 0.717) is 0 Å². The number of benzene rings is 1. The molecule has 1 aromatic carbocycles. The molecule has 0 aliphatic heterocycles. The smallest absolute Gasteiger partial charge is 0.387 e. The fourth-order valence-corrected chi connectivity index (χ4v) is 2.13. The third-order valence-corrected chi connectivity index (χ3v) is 3.22. The van der Waals surface area contributed by atoms with Gasteiger partial charge in [-0.05, 0) is 19.1 Å². The second kappa shape index (κ2) is 8.75. The number of rotatable bonds is 7. The Bertz CT molecular complexity index is 880. The molecule has 0 aliphatic rings. The van der Waals surface area contributed by atoms with Gasteiger partial charge in [-0.1, -0.05) is 12.1 Å². The normalized spacial score (nSPS) is 11.2. The Labute approximate surface area is 154 Å². The van der Waals surface area contributed by atoms with Crippen molar-refractivity contribution in [2.75, 3.05) is 31.3 Å². The SMILES string of the molecule is CCOc1cccc(/C=C(\C#N)c2nc(N)nc(N(C)C)n2)c1OC(F)F. The highest BCUT2D eigenvalue weighted by Crippen LogP contribution is 2.35. The molecule has 142 valence electrons. The average molecular weight is 376 g/mol. The summed E-state index contributed by atoms with van der Waals surface area (Å²) >= 11 is 0. The molecule has 0 bridgehead atoms. The summed E-state index contributed by atoms with van der Waals surface area (Å²) < 4.78 is 35.6. The molecule has 2 N–H and O–H groups in total. The van der Waals surface area contributed by atoms with Gasteiger partial charge in [-0.25, -0.2) is 0 Å². The van der Waals surface area contributed by atoms with Crippen molar-refractivity contribution >= 4 is 23.5 Å². The Kier molecular flexibility index (Phi) is 6.43. The third-order valence-electron chi connectivity index (χ3n) is 3.22. The largest absolute Gasteiger partial charge is 0.490 e. The number of nitrogen functional groups attached to an aromatic ring is 1. The third kappa shape index (κ3) is 5.01. The molecule has 0 fully saturated rings. The highest BCUT2D eigenvalue weighted by atomic mass is 19.3. The maximum absolute atomic E-state index is 12.8. The summed E-state index contributed by atoms with van der Waals surface area (Å²) in [5.41, 5.74) is 5.88. The molecular weight excluding hydrogens is 358 g/mol. The number of allylic oxidation sites excluding steroid dienone is 1. The topological polar surface area (TPSA) is 110 Å². The molecule has 0 saturated carbocycles. The van der Waals surface area contributed by atoms with Crippen molar-refractivity contribution in [1.29, 1.82) is 5.26 Å². The van der Waals surface area contributed by atoms with Crippen molar-refractivity contribution < 1.29 is 18.3 Å². The highest BCUT2D eigenvalue weighted by Gasteiger charge is 2.17. The first-order chi connectivity index (χ1) is 12.8. The quantitative estimate of drug-likeness (QED) is 0.734. The van der Waals surface area contributed by atoms with E-state index >= 15 is 0 Å². The van der Waals surface area contributed by atoms with E-state index in [1.165, 1.54) is 18.2 Å². The van der Waals surface area contributed by atoms with Crippen molar-refractivity contribution in [3.05, 3.63) is 29.6 Å². The number of aromatic nitrogens is 3. The Morgan fingerprint density at radius 2 is 2.07 bits per heavy atom. The van der Waals surface area contributed by atoms with Gasteiger partial charge >= 0.3 is 6.61 Å². The van der Waals surface area contributed by atoms with E-state index in [0.717, 1.165) is 0 Å². The zero-order chi connectivity index (χ0) is 20.0. The predicted octanol–water partition coefficient (Wildman–Crippen LogP) is 2.58. The second-order valence-corrected chi connectivity index (χ2v) is 5.37. The molecule has 0 atom stereocenters. The van der Waals surface area contributed by atoms with Crippen molar-refractivity contribution in [1.82, 2.24) is 15.0 Å². The maximum Gasteiger partial charge on any atom is 0.387 e. The van der Waals surface area contributed by atoms with Crippen LogP contribution in [0.2, 0.25) is 0 Å². The van der Waals surface area contributed by atoms with Crippen LogP contribution in [0.3, 0.4) is 0 Å². The molecular formula is C17H18F2N6O2. The van der Waals surface area contributed by atoms with Gasteiger partial charge in [-0.15, -0.1) is 0 Å². The summed E-state index contributed by atoms with van der Waals surface area (Å²) in [6, 6.07) is 6.54. The van der Waals surface area contributed by atoms with E-state index in [1.807, 2.05) is 6.07 Å². The zero-order valence-electron chi connectivity index (χ0n) is 15.0. The molecule has 0 spiro atoms. The molecule has 0 unspecified atom stereocenters. The van der Waals surface area contributed by atoms with Gasteiger partial charge in [0.2, 0.25) is 11.9 Å². The van der Waals surface area contributed by atoms with Crippen LogP contribution in [0.1, 0.15) is 18.3 Å². The minimum atomic E-state index is -3.06. The van der Waals surface area contributed by atoms with Gasteiger partial charge < -0.3 is 20.1 Å². The first-order valence-electron chi connectivity index (χ1n) is 7.87. The fourth-order valence-electron chi connectivity index (χ4n) is 2.13. The monoisotopic (exact) mass is 376 g/mol. The first-order valence-corrected chi connectivity index (χ1v) is 7.87. The number of hydrogen-bond donors (Lipinski definition) is 1. The molecule has 2 aromatic rings. The first kappa shape index (κ1) is 19.8. The number of hydrogen-bond acceptors (Lipinski definition) is 8. The average Bonchev–Trinajstić information content (AvgIpc) is 2.61. The summed E-state index contributed by atoms with van der Waals surface area (Å²) in [4.78, 5) is 13.7. The van der Waals surface area contributed by atoms with E-state index in [9.17, 15) is 14.0 Å². The molecule has 0 aliphatic carbocycles. The Morgan fingerprint density at radius 3 is 2.67 bits per heavy atom. The molecule has 1 heterocycles. The summed E-state index contributed by atoms with van der Waals surface area (Å²) in [6.07, 6.45) is 1.33. The van der Waals surface area contributed by atoms with Crippen LogP contribution in [0.4, 0.5) is 20.7 Å². The van der Waals surface area contributed by atoms with Gasteiger partial charge in [0.25, 0.3) is 0 Å². The molecule has 10 heteroatoms. The minimum absolute atomic E-state index is 0.0000326. The summed E-state index contributed by atoms with van der Waals surface area (Å²) in [7, 11) is 3.41. The number of anilines is 2. The van der Waals surface area contributed by atoms with Crippen molar-refractivity contribution in [3.8, 4) is 17.6 Å². The lowest BCUT2D eigenvalue weighted by molar-refractivity contribution is -0.0515. The van der Waals surface area contributed by atoms with Gasteiger partial charge in [-0.2, -0.15) is 29.0 Å². The highest BCUT2D eigenvalue weighted by molar-refractivity contribution is 5.89. The van der Waals surface area contributed by atoms with Gasteiger partial charge in [0, 0.05) is 19.7 Å². The molecule has 1 aromatic heterocycles. The van der Waals surface area contributed by atoms with Gasteiger partial charge in [0.1, 0.15) is 6.07 Å². The van der Waals surface area contributed by atoms with Crippen LogP contribution in [0.15, 0.2) is 18.2 Å². The van der Waals surface area contributed by atoms with Crippen molar-refractivity contribution in [3.63, 3.8) is 0 Å².